The molecule has 0 fully saturated rings. The predicted molar refractivity (Wildman–Crippen MR) is 100 cm³/mol. The van der Waals surface area contributed by atoms with Crippen molar-refractivity contribution in [3.8, 4) is 5.75 Å². The zero-order valence-corrected chi connectivity index (χ0v) is 14.8. The number of hydrogen-bond acceptors (Lipinski definition) is 2. The van der Waals surface area contributed by atoms with Gasteiger partial charge in [-0.2, -0.15) is 0 Å². The molecule has 4 rings (SSSR count). The number of halogens is 1. The van der Waals surface area contributed by atoms with Crippen molar-refractivity contribution in [1.29, 1.82) is 0 Å². The maximum atomic E-state index is 6.06. The lowest BCUT2D eigenvalue weighted by atomic mass is 9.77. The minimum Gasteiger partial charge on any atom is -0.491 e. The number of allylic oxidation sites excluding steroid dienone is 2. The molecule has 1 N–H and O–H groups in total. The summed E-state index contributed by atoms with van der Waals surface area (Å²) in [5.74, 6) is 1.93. The molecule has 0 saturated carbocycles. The summed E-state index contributed by atoms with van der Waals surface area (Å²) in [6.45, 7) is 4.12. The highest BCUT2D eigenvalue weighted by atomic mass is 35.5. The van der Waals surface area contributed by atoms with Gasteiger partial charge in [-0.1, -0.05) is 35.9 Å². The van der Waals surface area contributed by atoms with Crippen LogP contribution in [0.4, 0.5) is 5.69 Å². The van der Waals surface area contributed by atoms with E-state index in [9.17, 15) is 0 Å². The number of fused-ring (bicyclic) bond motifs is 3. The van der Waals surface area contributed by atoms with E-state index in [1.54, 1.807) is 0 Å². The van der Waals surface area contributed by atoms with E-state index in [1.807, 2.05) is 12.1 Å². The number of hydrogen-bond donors (Lipinski definition) is 1. The van der Waals surface area contributed by atoms with Crippen molar-refractivity contribution < 1.29 is 4.74 Å². The fourth-order valence-electron chi connectivity index (χ4n) is 3.92. The van der Waals surface area contributed by atoms with Crippen LogP contribution in [0.2, 0.25) is 5.02 Å². The highest BCUT2D eigenvalue weighted by Gasteiger charge is 2.38. The highest BCUT2D eigenvalue weighted by Crippen LogP contribution is 2.50. The predicted octanol–water partition coefficient (Wildman–Crippen LogP) is 5.95. The Balaban J connectivity index is 1.70. The van der Waals surface area contributed by atoms with E-state index >= 15 is 0 Å². The topological polar surface area (TPSA) is 21.3 Å². The quantitative estimate of drug-likeness (QED) is 0.697. The van der Waals surface area contributed by atoms with Gasteiger partial charge in [0.05, 0.1) is 12.1 Å². The molecule has 2 aromatic rings. The average Bonchev–Trinajstić information content (AvgIpc) is 3.04. The van der Waals surface area contributed by atoms with Crippen molar-refractivity contribution in [2.75, 3.05) is 5.32 Å². The lowest BCUT2D eigenvalue weighted by Gasteiger charge is -2.37. The van der Waals surface area contributed by atoms with Crippen LogP contribution in [0.3, 0.4) is 0 Å². The smallest absolute Gasteiger partial charge is 0.120 e. The Morgan fingerprint density at radius 1 is 1.12 bits per heavy atom. The fourth-order valence-corrected chi connectivity index (χ4v) is 4.04. The van der Waals surface area contributed by atoms with E-state index in [0.29, 0.717) is 17.9 Å². The molecule has 24 heavy (non-hydrogen) atoms. The molecule has 2 nitrogen and oxygen atoms in total. The van der Waals surface area contributed by atoms with Crippen molar-refractivity contribution in [3.05, 3.63) is 70.8 Å². The number of ether oxygens (including phenoxy) is 1. The van der Waals surface area contributed by atoms with Gasteiger partial charge in [0.2, 0.25) is 0 Å². The summed E-state index contributed by atoms with van der Waals surface area (Å²) in [6, 6.07) is 14.9. The summed E-state index contributed by atoms with van der Waals surface area (Å²) in [5.41, 5.74) is 3.85. The Labute approximate surface area is 148 Å². The van der Waals surface area contributed by atoms with Crippen LogP contribution in [-0.4, -0.2) is 6.10 Å². The average molecular weight is 340 g/mol. The number of benzene rings is 2. The van der Waals surface area contributed by atoms with Crippen LogP contribution >= 0.6 is 11.6 Å². The van der Waals surface area contributed by atoms with E-state index in [4.69, 9.17) is 16.3 Å². The third-order valence-corrected chi connectivity index (χ3v) is 5.19. The molecule has 1 aliphatic carbocycles. The Bertz CT molecular complexity index is 766. The lowest BCUT2D eigenvalue weighted by Crippen LogP contribution is -2.29. The third kappa shape index (κ3) is 2.80. The summed E-state index contributed by atoms with van der Waals surface area (Å²) >= 11 is 6.06. The van der Waals surface area contributed by atoms with Crippen molar-refractivity contribution in [3.63, 3.8) is 0 Å². The Kier molecular flexibility index (Phi) is 4.01. The molecule has 1 heterocycles. The molecule has 0 saturated heterocycles. The lowest BCUT2D eigenvalue weighted by molar-refractivity contribution is 0.242. The molecule has 2 aromatic carbocycles. The first kappa shape index (κ1) is 15.6. The third-order valence-electron chi connectivity index (χ3n) is 4.94. The van der Waals surface area contributed by atoms with Gasteiger partial charge in [-0.15, -0.1) is 0 Å². The second-order valence-corrected chi connectivity index (χ2v) is 7.38. The number of rotatable bonds is 3. The zero-order valence-electron chi connectivity index (χ0n) is 14.0. The molecule has 0 amide bonds. The summed E-state index contributed by atoms with van der Waals surface area (Å²) in [6.07, 6.45) is 5.95. The molecule has 2 aliphatic rings. The molecule has 3 heteroatoms. The molecule has 0 bridgehead atoms. The van der Waals surface area contributed by atoms with Crippen molar-refractivity contribution in [2.24, 2.45) is 5.92 Å². The van der Waals surface area contributed by atoms with Gasteiger partial charge in [0.1, 0.15) is 5.75 Å². The standard InChI is InChI=1S/C21H22ClNO/c1-13(2)24-16-10-11-20-19(12-16)17-4-3-5-18(17)21(23-20)14-6-8-15(22)9-7-14/h3-4,6-13,17-18,21,23H,5H2,1-2H3. The van der Waals surface area contributed by atoms with Crippen LogP contribution < -0.4 is 10.1 Å². The summed E-state index contributed by atoms with van der Waals surface area (Å²) < 4.78 is 5.89. The molecular weight excluding hydrogens is 318 g/mol. The molecule has 3 unspecified atom stereocenters. The van der Waals surface area contributed by atoms with Gasteiger partial charge in [-0.25, -0.2) is 0 Å². The molecule has 1 aliphatic heterocycles. The first-order valence-electron chi connectivity index (χ1n) is 8.61. The van der Waals surface area contributed by atoms with Crippen LogP contribution in [0.5, 0.6) is 5.75 Å². The molecule has 124 valence electrons. The van der Waals surface area contributed by atoms with Gasteiger partial charge in [0, 0.05) is 16.6 Å². The largest absolute Gasteiger partial charge is 0.491 e. The second-order valence-electron chi connectivity index (χ2n) is 6.94. The first-order valence-corrected chi connectivity index (χ1v) is 8.99. The van der Waals surface area contributed by atoms with Crippen LogP contribution in [0.1, 0.15) is 43.4 Å². The maximum absolute atomic E-state index is 6.06. The van der Waals surface area contributed by atoms with Gasteiger partial charge in [-0.3, -0.25) is 0 Å². The normalized spacial score (nSPS) is 24.4. The summed E-state index contributed by atoms with van der Waals surface area (Å²) in [7, 11) is 0. The maximum Gasteiger partial charge on any atom is 0.120 e. The summed E-state index contributed by atoms with van der Waals surface area (Å²) in [5, 5.41) is 4.53. The molecule has 0 spiro atoms. The van der Waals surface area contributed by atoms with E-state index < -0.39 is 0 Å². The number of anilines is 1. The van der Waals surface area contributed by atoms with Crippen molar-refractivity contribution >= 4 is 17.3 Å². The minimum atomic E-state index is 0.191. The van der Waals surface area contributed by atoms with Gasteiger partial charge in [-0.05, 0) is 67.6 Å². The fraction of sp³-hybridized carbons (Fsp3) is 0.333. The monoisotopic (exact) mass is 339 g/mol. The van der Waals surface area contributed by atoms with Crippen LogP contribution in [0.15, 0.2) is 54.6 Å². The van der Waals surface area contributed by atoms with Gasteiger partial charge < -0.3 is 10.1 Å². The van der Waals surface area contributed by atoms with Crippen molar-refractivity contribution in [2.45, 2.75) is 38.3 Å². The van der Waals surface area contributed by atoms with Gasteiger partial charge in [0.15, 0.2) is 0 Å². The molecule has 3 atom stereocenters. The van der Waals surface area contributed by atoms with Gasteiger partial charge in [0.25, 0.3) is 0 Å². The van der Waals surface area contributed by atoms with Gasteiger partial charge >= 0.3 is 0 Å². The van der Waals surface area contributed by atoms with Crippen LogP contribution in [0, 0.1) is 5.92 Å². The SMILES string of the molecule is CC(C)Oc1ccc2c(c1)C1C=CCC1C(c1ccc(Cl)cc1)N2. The molecule has 0 radical (unpaired) electrons. The van der Waals surface area contributed by atoms with E-state index in [1.165, 1.54) is 16.8 Å². The second kappa shape index (κ2) is 6.18. The minimum absolute atomic E-state index is 0.191. The van der Waals surface area contributed by atoms with E-state index in [0.717, 1.165) is 17.2 Å². The number of nitrogens with one attached hydrogen (secondary N) is 1. The van der Waals surface area contributed by atoms with E-state index in [2.05, 4.69) is 61.6 Å². The molecular formula is C21H22ClNO. The van der Waals surface area contributed by atoms with E-state index in [-0.39, 0.29) is 6.10 Å². The first-order chi connectivity index (χ1) is 11.6. The van der Waals surface area contributed by atoms with Crippen LogP contribution in [-0.2, 0) is 0 Å². The zero-order chi connectivity index (χ0) is 16.7. The summed E-state index contributed by atoms with van der Waals surface area (Å²) in [4.78, 5) is 0. The van der Waals surface area contributed by atoms with Crippen molar-refractivity contribution in [1.82, 2.24) is 0 Å². The van der Waals surface area contributed by atoms with Crippen LogP contribution in [0.25, 0.3) is 0 Å². The molecule has 0 aromatic heterocycles. The Hall–Kier alpha value is -1.93. The highest BCUT2D eigenvalue weighted by molar-refractivity contribution is 6.30. The Morgan fingerprint density at radius 3 is 2.67 bits per heavy atom. The Morgan fingerprint density at radius 2 is 1.92 bits per heavy atom.